The molecular weight excluding hydrogens is 566 g/mol. The maximum Gasteiger partial charge on any atom is 0.336 e. The minimum atomic E-state index is -4.74. The van der Waals surface area contributed by atoms with Crippen LogP contribution in [0.3, 0.4) is 0 Å². The van der Waals surface area contributed by atoms with E-state index in [1.165, 1.54) is 12.1 Å². The Morgan fingerprint density at radius 1 is 0.917 bits per heavy atom. The first-order chi connectivity index (χ1) is 16.7. The van der Waals surface area contributed by atoms with E-state index in [-0.39, 0.29) is 16.7 Å². The Hall–Kier alpha value is -4.21. The van der Waals surface area contributed by atoms with Crippen LogP contribution in [0, 0.1) is 27.2 Å². The molecule has 188 valence electrons. The van der Waals surface area contributed by atoms with E-state index in [4.69, 9.17) is 9.66 Å². The van der Waals surface area contributed by atoms with Crippen LogP contribution in [0.2, 0.25) is 0 Å². The Kier molecular flexibility index (Phi) is 8.94. The molecule has 0 unspecified atom stereocenters. The molecular formula is C21H16BrN3O10S. The zero-order valence-electron chi connectivity index (χ0n) is 18.1. The van der Waals surface area contributed by atoms with E-state index >= 15 is 0 Å². The lowest BCUT2D eigenvalue weighted by atomic mass is 10.1. The lowest BCUT2D eigenvalue weighted by Crippen LogP contribution is -2.16. The molecule has 3 aromatic rings. The quantitative estimate of drug-likeness (QED) is 0.211. The third-order valence-corrected chi connectivity index (χ3v) is 5.88. The van der Waals surface area contributed by atoms with Crippen LogP contribution in [-0.4, -0.2) is 39.8 Å². The van der Waals surface area contributed by atoms with E-state index in [2.05, 4.69) is 21.2 Å². The van der Waals surface area contributed by atoms with Crippen molar-refractivity contribution in [1.29, 1.82) is 0 Å². The number of carbonyl (C=O) groups excluding carboxylic acids is 1. The van der Waals surface area contributed by atoms with Gasteiger partial charge in [0.05, 0.1) is 21.0 Å². The van der Waals surface area contributed by atoms with E-state index in [0.29, 0.717) is 17.8 Å². The molecule has 0 spiro atoms. The predicted molar refractivity (Wildman–Crippen MR) is 130 cm³/mol. The fourth-order valence-corrected chi connectivity index (χ4v) is 3.57. The number of benzene rings is 3. The molecule has 0 aliphatic carbocycles. The molecule has 13 nitrogen and oxygen atoms in total. The van der Waals surface area contributed by atoms with Crippen LogP contribution in [0.5, 0.6) is 0 Å². The van der Waals surface area contributed by atoms with Gasteiger partial charge in [-0.1, -0.05) is 28.1 Å². The van der Waals surface area contributed by atoms with Gasteiger partial charge in [0.1, 0.15) is 10.5 Å². The summed E-state index contributed by atoms with van der Waals surface area (Å²) >= 11 is 3.30. The van der Waals surface area contributed by atoms with Crippen molar-refractivity contribution in [3.63, 3.8) is 0 Å². The summed E-state index contributed by atoms with van der Waals surface area (Å²) < 4.78 is 31.2. The number of carboxylic acid groups (broad SMARTS) is 1. The molecule has 0 aromatic heterocycles. The molecule has 0 saturated heterocycles. The topological polar surface area (TPSA) is 207 Å². The molecule has 0 aliphatic heterocycles. The van der Waals surface area contributed by atoms with Gasteiger partial charge in [0.25, 0.3) is 27.4 Å². The van der Waals surface area contributed by atoms with E-state index in [0.717, 1.165) is 11.4 Å². The maximum absolute atomic E-state index is 12.0. The molecule has 3 rings (SSSR count). The summed E-state index contributed by atoms with van der Waals surface area (Å²) in [6.45, 7) is 1.12. The number of carbonyl (C=O) groups is 2. The smallest absolute Gasteiger partial charge is 0.336 e. The summed E-state index contributed by atoms with van der Waals surface area (Å²) in [6, 6.07) is 14.3. The highest BCUT2D eigenvalue weighted by molar-refractivity contribution is 9.10. The normalized spacial score (nSPS) is 10.5. The minimum absolute atomic E-state index is 0.0166. The molecule has 0 fully saturated rings. The average Bonchev–Trinajstić information content (AvgIpc) is 2.80. The zero-order chi connectivity index (χ0) is 27.2. The van der Waals surface area contributed by atoms with Crippen LogP contribution in [0.4, 0.5) is 17.1 Å². The summed E-state index contributed by atoms with van der Waals surface area (Å²) in [6.07, 6.45) is 0. The lowest BCUT2D eigenvalue weighted by Gasteiger charge is -2.07. The lowest BCUT2D eigenvalue weighted by molar-refractivity contribution is -0.395. The van der Waals surface area contributed by atoms with Crippen LogP contribution in [0.25, 0.3) is 0 Å². The number of anilines is 1. The number of hydrogen-bond acceptors (Lipinski definition) is 8. The fraction of sp³-hybridized carbons (Fsp3) is 0.0476. The third-order valence-electron chi connectivity index (χ3n) is 4.52. The number of nitro groups is 2. The summed E-state index contributed by atoms with van der Waals surface area (Å²) in [5, 5.41) is 32.9. The van der Waals surface area contributed by atoms with Gasteiger partial charge in [-0.05, 0) is 43.3 Å². The van der Waals surface area contributed by atoms with Crippen LogP contribution in [-0.2, 0) is 10.1 Å². The maximum atomic E-state index is 12.0. The highest BCUT2D eigenvalue weighted by Crippen LogP contribution is 2.31. The third kappa shape index (κ3) is 7.14. The highest BCUT2D eigenvalue weighted by Gasteiger charge is 2.27. The second-order valence-electron chi connectivity index (χ2n) is 6.89. The average molecular weight is 582 g/mol. The molecule has 3 N–H and O–H groups in total. The fourth-order valence-electron chi connectivity index (χ4n) is 2.79. The van der Waals surface area contributed by atoms with Crippen molar-refractivity contribution in [2.45, 2.75) is 11.8 Å². The molecule has 1 amide bonds. The van der Waals surface area contributed by atoms with Gasteiger partial charge in [-0.25, -0.2) is 4.79 Å². The van der Waals surface area contributed by atoms with Crippen molar-refractivity contribution < 1.29 is 37.5 Å². The molecule has 15 heteroatoms. The van der Waals surface area contributed by atoms with Gasteiger partial charge in [0, 0.05) is 22.3 Å². The summed E-state index contributed by atoms with van der Waals surface area (Å²) in [4.78, 5) is 41.4. The second kappa shape index (κ2) is 11.5. The van der Waals surface area contributed by atoms with E-state index in [9.17, 15) is 38.2 Å². The molecule has 36 heavy (non-hydrogen) atoms. The number of nitro benzene ring substituents is 2. The van der Waals surface area contributed by atoms with Gasteiger partial charge in [0.2, 0.25) is 0 Å². The van der Waals surface area contributed by atoms with Crippen LogP contribution >= 0.6 is 15.9 Å². The first kappa shape index (κ1) is 28.0. The van der Waals surface area contributed by atoms with Gasteiger partial charge in [-0.15, -0.1) is 0 Å². The number of amides is 1. The van der Waals surface area contributed by atoms with Gasteiger partial charge in [0.15, 0.2) is 0 Å². The van der Waals surface area contributed by atoms with Crippen molar-refractivity contribution in [3.8, 4) is 0 Å². The first-order valence-electron chi connectivity index (χ1n) is 9.52. The zero-order valence-corrected chi connectivity index (χ0v) is 20.5. The van der Waals surface area contributed by atoms with Crippen molar-refractivity contribution >= 4 is 55.0 Å². The SMILES string of the molecule is Cc1c([N+](=O)[O-])cc(S(=O)(=O)O)cc1[N+](=O)[O-].O=C(O)c1ccccc1C(=O)Nc1ccc(Br)cc1. The van der Waals surface area contributed by atoms with Crippen molar-refractivity contribution in [2.24, 2.45) is 0 Å². The standard InChI is InChI=1S/C14H10BrNO3.C7H6N2O7S/c15-9-5-7-10(8-6-9)16-13(17)11-3-1-2-4-12(11)14(18)19;1-4-6(8(10)11)2-5(17(14,15)16)3-7(4)9(12)13/h1-8H,(H,16,17)(H,18,19);2-3H,1H3,(H,14,15,16). The number of halogens is 1. The van der Waals surface area contributed by atoms with Crippen molar-refractivity contribution in [3.05, 3.63) is 102 Å². The summed E-state index contributed by atoms with van der Waals surface area (Å²) in [7, 11) is -4.74. The molecule has 0 aliphatic rings. The Bertz CT molecular complexity index is 1420. The molecule has 0 heterocycles. The molecule has 0 atom stereocenters. The van der Waals surface area contributed by atoms with Gasteiger partial charge < -0.3 is 10.4 Å². The number of nitrogens with zero attached hydrogens (tertiary/aromatic N) is 2. The summed E-state index contributed by atoms with van der Waals surface area (Å²) in [5.41, 5.74) is -1.05. The number of aromatic carboxylic acids is 1. The Morgan fingerprint density at radius 3 is 1.81 bits per heavy atom. The van der Waals surface area contributed by atoms with Gasteiger partial charge in [-0.3, -0.25) is 29.6 Å². The largest absolute Gasteiger partial charge is 0.478 e. The van der Waals surface area contributed by atoms with Gasteiger partial charge >= 0.3 is 5.97 Å². The number of nitrogens with one attached hydrogen (secondary N) is 1. The Labute approximate surface area is 211 Å². The van der Waals surface area contributed by atoms with Crippen LogP contribution in [0.1, 0.15) is 26.3 Å². The second-order valence-corrected chi connectivity index (χ2v) is 9.22. The highest BCUT2D eigenvalue weighted by atomic mass is 79.9. The van der Waals surface area contributed by atoms with E-state index in [1.54, 1.807) is 36.4 Å². The minimum Gasteiger partial charge on any atom is -0.478 e. The van der Waals surface area contributed by atoms with Crippen molar-refractivity contribution in [2.75, 3.05) is 5.32 Å². The molecule has 3 aromatic carbocycles. The molecule has 0 saturated carbocycles. The Morgan fingerprint density at radius 2 is 1.39 bits per heavy atom. The first-order valence-corrected chi connectivity index (χ1v) is 11.8. The van der Waals surface area contributed by atoms with Crippen LogP contribution < -0.4 is 5.32 Å². The van der Waals surface area contributed by atoms with Crippen LogP contribution in [0.15, 0.2) is 70.0 Å². The number of rotatable bonds is 6. The van der Waals surface area contributed by atoms with E-state index in [1.807, 2.05) is 0 Å². The predicted octanol–water partition coefficient (Wildman–Crippen LogP) is 4.46. The molecule has 0 bridgehead atoms. The summed E-state index contributed by atoms with van der Waals surface area (Å²) in [5.74, 6) is -1.57. The molecule has 0 radical (unpaired) electrons. The van der Waals surface area contributed by atoms with Crippen molar-refractivity contribution in [1.82, 2.24) is 0 Å². The van der Waals surface area contributed by atoms with E-state index < -0.39 is 48.1 Å². The number of hydrogen-bond donors (Lipinski definition) is 3. The monoisotopic (exact) mass is 581 g/mol. The Balaban J connectivity index is 0.000000255. The number of carboxylic acids is 1. The van der Waals surface area contributed by atoms with Gasteiger partial charge in [-0.2, -0.15) is 8.42 Å².